The summed E-state index contributed by atoms with van der Waals surface area (Å²) in [4.78, 5) is 29.5. The predicted molar refractivity (Wildman–Crippen MR) is 71.2 cm³/mol. The van der Waals surface area contributed by atoms with Gasteiger partial charge in [-0.1, -0.05) is 6.92 Å². The monoisotopic (exact) mass is 265 g/mol. The Kier molecular flexibility index (Phi) is 3.87. The van der Waals surface area contributed by atoms with Gasteiger partial charge in [0, 0.05) is 32.0 Å². The van der Waals surface area contributed by atoms with Crippen LogP contribution in [0.4, 0.5) is 5.82 Å². The van der Waals surface area contributed by atoms with E-state index in [1.165, 1.54) is 7.11 Å². The maximum Gasteiger partial charge on any atom is 0.310 e. The predicted octanol–water partition coefficient (Wildman–Crippen LogP) is 0.823. The van der Waals surface area contributed by atoms with Crippen LogP contribution in [0.15, 0.2) is 17.2 Å². The summed E-state index contributed by atoms with van der Waals surface area (Å²) in [5, 5.41) is 0. The van der Waals surface area contributed by atoms with E-state index in [2.05, 4.69) is 9.72 Å². The van der Waals surface area contributed by atoms with Crippen molar-refractivity contribution in [3.8, 4) is 0 Å². The molecule has 1 atom stereocenters. The zero-order valence-electron chi connectivity index (χ0n) is 11.5. The third-order valence-electron chi connectivity index (χ3n) is 3.30. The summed E-state index contributed by atoms with van der Waals surface area (Å²) in [7, 11) is 3.13. The fraction of sp³-hybridized carbons (Fsp3) is 0.615. The molecular weight excluding hydrogens is 246 g/mol. The molecule has 0 bridgehead atoms. The highest BCUT2D eigenvalue weighted by Crippen LogP contribution is 2.33. The first-order valence-electron chi connectivity index (χ1n) is 6.40. The Labute approximate surface area is 112 Å². The van der Waals surface area contributed by atoms with Gasteiger partial charge in [0.25, 0.3) is 5.56 Å². The molecule has 2 rings (SSSR count). The van der Waals surface area contributed by atoms with Crippen molar-refractivity contribution in [3.63, 3.8) is 0 Å². The second-order valence-electron chi connectivity index (χ2n) is 5.00. The third-order valence-corrected chi connectivity index (χ3v) is 3.30. The Balaban J connectivity index is 2.15. The Bertz CT molecular complexity index is 522. The van der Waals surface area contributed by atoms with Gasteiger partial charge in [-0.25, -0.2) is 4.98 Å². The van der Waals surface area contributed by atoms with Gasteiger partial charge in [-0.3, -0.25) is 9.59 Å². The molecule has 19 heavy (non-hydrogen) atoms. The number of carbonyl (C=O) groups is 1. The van der Waals surface area contributed by atoms with Crippen LogP contribution in [-0.2, 0) is 9.53 Å². The summed E-state index contributed by atoms with van der Waals surface area (Å²) in [6.45, 7) is 2.17. The van der Waals surface area contributed by atoms with Gasteiger partial charge in [0.15, 0.2) is 5.82 Å². The molecule has 1 saturated carbocycles. The molecule has 0 spiro atoms. The first-order chi connectivity index (χ1) is 9.04. The molecule has 1 unspecified atom stereocenters. The Hall–Kier alpha value is -1.85. The van der Waals surface area contributed by atoms with Gasteiger partial charge in [-0.05, 0) is 12.8 Å². The van der Waals surface area contributed by atoms with Crippen LogP contribution in [0.2, 0.25) is 0 Å². The van der Waals surface area contributed by atoms with Crippen molar-refractivity contribution in [1.82, 2.24) is 9.55 Å². The van der Waals surface area contributed by atoms with Gasteiger partial charge in [0.05, 0.1) is 13.0 Å². The van der Waals surface area contributed by atoms with E-state index < -0.39 is 0 Å². The van der Waals surface area contributed by atoms with E-state index in [1.807, 2.05) is 0 Å². The van der Waals surface area contributed by atoms with E-state index in [-0.39, 0.29) is 17.4 Å². The van der Waals surface area contributed by atoms with Crippen molar-refractivity contribution < 1.29 is 9.53 Å². The van der Waals surface area contributed by atoms with E-state index in [4.69, 9.17) is 0 Å². The summed E-state index contributed by atoms with van der Waals surface area (Å²) in [6.07, 6.45) is 5.45. The Morgan fingerprint density at radius 2 is 2.32 bits per heavy atom. The van der Waals surface area contributed by atoms with E-state index in [0.29, 0.717) is 18.4 Å². The molecule has 1 aromatic rings. The molecule has 1 fully saturated rings. The highest BCUT2D eigenvalue weighted by Gasteiger charge is 2.26. The third kappa shape index (κ3) is 2.94. The number of nitrogens with zero attached hydrogens (tertiary/aromatic N) is 3. The molecule has 0 aliphatic heterocycles. The molecule has 1 aliphatic carbocycles. The van der Waals surface area contributed by atoms with Crippen LogP contribution in [0.3, 0.4) is 0 Å². The lowest BCUT2D eigenvalue weighted by Crippen LogP contribution is -2.35. The van der Waals surface area contributed by atoms with Gasteiger partial charge in [-0.2, -0.15) is 0 Å². The highest BCUT2D eigenvalue weighted by atomic mass is 16.5. The van der Waals surface area contributed by atoms with Gasteiger partial charge in [-0.15, -0.1) is 0 Å². The summed E-state index contributed by atoms with van der Waals surface area (Å²) >= 11 is 0. The SMILES string of the molecule is COC(=O)C(C)CN(C)c1nccn(C2CC2)c1=O. The van der Waals surface area contributed by atoms with Crippen LogP contribution in [0.5, 0.6) is 0 Å². The summed E-state index contributed by atoms with van der Waals surface area (Å²) in [5.41, 5.74) is -0.0930. The number of carbonyl (C=O) groups excluding carboxylic acids is 1. The van der Waals surface area contributed by atoms with Gasteiger partial charge >= 0.3 is 5.97 Å². The summed E-state index contributed by atoms with van der Waals surface area (Å²) in [5.74, 6) is -0.207. The quantitative estimate of drug-likeness (QED) is 0.738. The second kappa shape index (κ2) is 5.42. The maximum atomic E-state index is 12.3. The van der Waals surface area contributed by atoms with Gasteiger partial charge in [0.2, 0.25) is 0 Å². The van der Waals surface area contributed by atoms with Crippen molar-refractivity contribution in [1.29, 1.82) is 0 Å². The molecule has 1 aromatic heterocycles. The van der Waals surface area contributed by atoms with Crippen molar-refractivity contribution in [2.24, 2.45) is 5.92 Å². The largest absolute Gasteiger partial charge is 0.469 e. The molecule has 0 saturated heterocycles. The smallest absolute Gasteiger partial charge is 0.310 e. The van der Waals surface area contributed by atoms with Crippen LogP contribution in [0.25, 0.3) is 0 Å². The Morgan fingerprint density at radius 3 is 2.89 bits per heavy atom. The van der Waals surface area contributed by atoms with Gasteiger partial charge in [0.1, 0.15) is 0 Å². The first-order valence-corrected chi connectivity index (χ1v) is 6.40. The number of aromatic nitrogens is 2. The number of hydrogen-bond acceptors (Lipinski definition) is 5. The zero-order valence-corrected chi connectivity index (χ0v) is 11.5. The molecule has 104 valence electrons. The van der Waals surface area contributed by atoms with Gasteiger partial charge < -0.3 is 14.2 Å². The first kappa shape index (κ1) is 13.6. The minimum atomic E-state index is -0.300. The van der Waals surface area contributed by atoms with E-state index >= 15 is 0 Å². The van der Waals surface area contributed by atoms with Crippen LogP contribution in [-0.4, -0.2) is 36.2 Å². The van der Waals surface area contributed by atoms with Crippen LogP contribution < -0.4 is 10.5 Å². The number of anilines is 1. The van der Waals surface area contributed by atoms with E-state index in [9.17, 15) is 9.59 Å². The molecule has 0 N–H and O–H groups in total. The average molecular weight is 265 g/mol. The lowest BCUT2D eigenvalue weighted by atomic mass is 10.2. The number of esters is 1. The molecule has 0 amide bonds. The van der Waals surface area contributed by atoms with Crippen molar-refractivity contribution in [2.75, 3.05) is 25.6 Å². The molecular formula is C13H19N3O3. The molecule has 0 radical (unpaired) electrons. The number of ether oxygens (including phenoxy) is 1. The Morgan fingerprint density at radius 1 is 1.63 bits per heavy atom. The molecule has 0 aromatic carbocycles. The average Bonchev–Trinajstić information content (AvgIpc) is 3.22. The summed E-state index contributed by atoms with van der Waals surface area (Å²) in [6, 6.07) is 0.320. The lowest BCUT2D eigenvalue weighted by molar-refractivity contribution is -0.144. The minimum absolute atomic E-state index is 0.0930. The highest BCUT2D eigenvalue weighted by molar-refractivity contribution is 5.72. The van der Waals surface area contributed by atoms with Crippen molar-refractivity contribution in [3.05, 3.63) is 22.7 Å². The number of rotatable bonds is 5. The normalized spacial score (nSPS) is 15.9. The van der Waals surface area contributed by atoms with Crippen LogP contribution >= 0.6 is 0 Å². The van der Waals surface area contributed by atoms with Crippen LogP contribution in [0.1, 0.15) is 25.8 Å². The molecule has 6 heteroatoms. The number of hydrogen-bond donors (Lipinski definition) is 0. The lowest BCUT2D eigenvalue weighted by Gasteiger charge is -2.21. The number of methoxy groups -OCH3 is 1. The molecule has 6 nitrogen and oxygen atoms in total. The maximum absolute atomic E-state index is 12.3. The molecule has 1 heterocycles. The standard InChI is InChI=1S/C13H19N3O3/c1-9(13(18)19-3)8-15(2)11-12(17)16(7-6-14-11)10-4-5-10/h6-7,9-10H,4-5,8H2,1-3H3. The zero-order chi connectivity index (χ0) is 14.0. The second-order valence-corrected chi connectivity index (χ2v) is 5.00. The fourth-order valence-corrected chi connectivity index (χ4v) is 2.09. The summed E-state index contributed by atoms with van der Waals surface area (Å²) < 4.78 is 6.41. The van der Waals surface area contributed by atoms with Crippen molar-refractivity contribution >= 4 is 11.8 Å². The fourth-order valence-electron chi connectivity index (χ4n) is 2.09. The minimum Gasteiger partial charge on any atom is -0.469 e. The van der Waals surface area contributed by atoms with E-state index in [1.54, 1.807) is 35.8 Å². The van der Waals surface area contributed by atoms with Crippen LogP contribution in [0, 0.1) is 5.92 Å². The van der Waals surface area contributed by atoms with Crippen molar-refractivity contribution in [2.45, 2.75) is 25.8 Å². The van der Waals surface area contributed by atoms with E-state index in [0.717, 1.165) is 12.8 Å². The topological polar surface area (TPSA) is 64.4 Å². The molecule has 1 aliphatic rings.